The fraction of sp³-hybridized carbons (Fsp3) is 0. The van der Waals surface area contributed by atoms with Crippen molar-refractivity contribution in [3.63, 3.8) is 0 Å². The Hall–Kier alpha value is -6.97. The number of rotatable bonds is 3. The molecule has 0 saturated heterocycles. The third-order valence-electron chi connectivity index (χ3n) is 11.2. The molecule has 0 N–H and O–H groups in total. The van der Waals surface area contributed by atoms with E-state index in [1.165, 1.54) is 98.7 Å². The van der Waals surface area contributed by atoms with Crippen molar-refractivity contribution in [1.82, 2.24) is 14.1 Å². The van der Waals surface area contributed by atoms with Crippen molar-refractivity contribution in [3.05, 3.63) is 176 Å². The smallest absolute Gasteiger partial charge is 0.0787 e. The van der Waals surface area contributed by atoms with E-state index in [0.29, 0.717) is 0 Å². The summed E-state index contributed by atoms with van der Waals surface area (Å²) in [5.74, 6) is 0. The lowest BCUT2D eigenvalue weighted by Gasteiger charge is -2.12. The Bertz CT molecular complexity index is 3290. The molecule has 0 spiro atoms. The van der Waals surface area contributed by atoms with E-state index in [-0.39, 0.29) is 0 Å². The van der Waals surface area contributed by atoms with Crippen molar-refractivity contribution in [2.45, 2.75) is 0 Å². The first-order chi connectivity index (χ1) is 25.8. The van der Waals surface area contributed by atoms with Crippen molar-refractivity contribution >= 4 is 65.2 Å². The lowest BCUT2D eigenvalue weighted by Crippen LogP contribution is -1.95. The van der Waals surface area contributed by atoms with Gasteiger partial charge in [-0.1, -0.05) is 97.1 Å². The van der Waals surface area contributed by atoms with Gasteiger partial charge in [-0.3, -0.25) is 4.98 Å². The SMILES string of the molecule is c1ccc(-n2c3ccc(-c4ccc5c(c4)c4ccccc4n5-c4cc5c6c(cccc6c4)-c4cccnc4-5)cc3c3cc4ccccc4cc32)cc1. The van der Waals surface area contributed by atoms with Gasteiger partial charge in [-0.25, -0.2) is 0 Å². The van der Waals surface area contributed by atoms with Crippen LogP contribution in [0.5, 0.6) is 0 Å². The molecule has 3 aromatic heterocycles. The first kappa shape index (κ1) is 27.8. The second-order valence-corrected chi connectivity index (χ2v) is 14.0. The van der Waals surface area contributed by atoms with Crippen LogP contribution in [0, 0.1) is 0 Å². The van der Waals surface area contributed by atoms with E-state index in [1.54, 1.807) is 0 Å². The predicted octanol–water partition coefficient (Wildman–Crippen LogP) is 12.9. The summed E-state index contributed by atoms with van der Waals surface area (Å²) in [5.41, 5.74) is 14.3. The normalized spacial score (nSPS) is 12.2. The molecule has 0 atom stereocenters. The summed E-state index contributed by atoms with van der Waals surface area (Å²) in [6, 6.07) is 62.4. The lowest BCUT2D eigenvalue weighted by atomic mass is 10.00. The van der Waals surface area contributed by atoms with Gasteiger partial charge >= 0.3 is 0 Å². The fourth-order valence-electron chi connectivity index (χ4n) is 8.96. The molecule has 1 aliphatic rings. The summed E-state index contributed by atoms with van der Waals surface area (Å²) in [7, 11) is 0. The van der Waals surface area contributed by atoms with Crippen LogP contribution in [-0.4, -0.2) is 14.1 Å². The first-order valence-electron chi connectivity index (χ1n) is 17.9. The second-order valence-electron chi connectivity index (χ2n) is 14.0. The molecule has 0 radical (unpaired) electrons. The maximum absolute atomic E-state index is 4.85. The standard InChI is InChI=1S/C49H29N3/c1-2-13-35(14-3-1)51-46-22-20-33(27-41(46)42-25-30-10-4-5-11-31(30)28-47(42)51)32-19-21-45-40(26-32)37-15-6-7-18-44(37)52(45)36-24-34-12-8-16-38-39-17-9-23-50-49(39)43(29-36)48(34)38/h1-29H. The average Bonchev–Trinajstić information content (AvgIpc) is 3.83. The van der Waals surface area contributed by atoms with Crippen LogP contribution >= 0.6 is 0 Å². The topological polar surface area (TPSA) is 22.8 Å². The second kappa shape index (κ2) is 10.3. The van der Waals surface area contributed by atoms with Crippen LogP contribution < -0.4 is 0 Å². The maximum atomic E-state index is 4.85. The van der Waals surface area contributed by atoms with Gasteiger partial charge in [-0.05, 0) is 111 Å². The molecule has 3 heteroatoms. The third-order valence-corrected chi connectivity index (χ3v) is 11.2. The Morgan fingerprint density at radius 3 is 1.81 bits per heavy atom. The number of hydrogen-bond donors (Lipinski definition) is 0. The Kier molecular flexibility index (Phi) is 5.50. The van der Waals surface area contributed by atoms with Crippen molar-refractivity contribution in [2.75, 3.05) is 0 Å². The van der Waals surface area contributed by atoms with E-state index >= 15 is 0 Å². The molecule has 8 aromatic carbocycles. The van der Waals surface area contributed by atoms with Gasteiger partial charge in [0.05, 0.1) is 27.8 Å². The maximum Gasteiger partial charge on any atom is 0.0787 e. The molecule has 0 unspecified atom stereocenters. The minimum absolute atomic E-state index is 1.07. The summed E-state index contributed by atoms with van der Waals surface area (Å²) in [4.78, 5) is 4.85. The van der Waals surface area contributed by atoms with Gasteiger partial charge in [-0.15, -0.1) is 0 Å². The monoisotopic (exact) mass is 659 g/mol. The third kappa shape index (κ3) is 3.77. The van der Waals surface area contributed by atoms with Gasteiger partial charge in [0, 0.05) is 50.2 Å². The van der Waals surface area contributed by atoms with E-state index < -0.39 is 0 Å². The number of benzene rings is 8. The number of fused-ring (bicyclic) bond motifs is 10. The summed E-state index contributed by atoms with van der Waals surface area (Å²) >= 11 is 0. The van der Waals surface area contributed by atoms with Crippen molar-refractivity contribution < 1.29 is 0 Å². The summed E-state index contributed by atoms with van der Waals surface area (Å²) in [6.07, 6.45) is 1.91. The van der Waals surface area contributed by atoms with Gasteiger partial charge < -0.3 is 9.13 Å². The highest BCUT2D eigenvalue weighted by molar-refractivity contribution is 6.17. The summed E-state index contributed by atoms with van der Waals surface area (Å²) in [6.45, 7) is 0. The van der Waals surface area contributed by atoms with Gasteiger partial charge in [0.2, 0.25) is 0 Å². The van der Waals surface area contributed by atoms with Crippen LogP contribution in [0.2, 0.25) is 0 Å². The van der Waals surface area contributed by atoms with Crippen molar-refractivity contribution in [1.29, 1.82) is 0 Å². The highest BCUT2D eigenvalue weighted by atomic mass is 15.0. The Labute approximate surface area is 299 Å². The van der Waals surface area contributed by atoms with Crippen molar-refractivity contribution in [3.8, 4) is 44.9 Å². The van der Waals surface area contributed by atoms with Gasteiger partial charge in [0.1, 0.15) is 0 Å². The van der Waals surface area contributed by atoms with Crippen molar-refractivity contribution in [2.24, 2.45) is 0 Å². The van der Waals surface area contributed by atoms with E-state index in [2.05, 4.69) is 173 Å². The number of hydrogen-bond acceptors (Lipinski definition) is 1. The van der Waals surface area contributed by atoms with Crippen LogP contribution in [0.1, 0.15) is 0 Å². The largest absolute Gasteiger partial charge is 0.309 e. The Balaban J connectivity index is 1.08. The van der Waals surface area contributed by atoms with Crippen LogP contribution in [0.4, 0.5) is 0 Å². The molecule has 3 heterocycles. The Morgan fingerprint density at radius 1 is 0.346 bits per heavy atom. The summed E-state index contributed by atoms with van der Waals surface area (Å²) < 4.78 is 4.84. The molecular weight excluding hydrogens is 631 g/mol. The quantitative estimate of drug-likeness (QED) is 0.185. The molecule has 0 bridgehead atoms. The van der Waals surface area contributed by atoms with E-state index in [9.17, 15) is 0 Å². The number of aromatic nitrogens is 3. The number of nitrogens with zero attached hydrogens (tertiary/aromatic N) is 3. The molecule has 11 aromatic rings. The highest BCUT2D eigenvalue weighted by Crippen LogP contribution is 2.48. The molecule has 0 aliphatic heterocycles. The lowest BCUT2D eigenvalue weighted by molar-refractivity contribution is 1.18. The highest BCUT2D eigenvalue weighted by Gasteiger charge is 2.24. The Morgan fingerprint density at radius 2 is 0.981 bits per heavy atom. The summed E-state index contributed by atoms with van der Waals surface area (Å²) in [5, 5.41) is 10.0. The van der Waals surface area contributed by atoms with E-state index in [4.69, 9.17) is 4.98 Å². The predicted molar refractivity (Wildman–Crippen MR) is 218 cm³/mol. The zero-order valence-corrected chi connectivity index (χ0v) is 28.1. The average molecular weight is 660 g/mol. The van der Waals surface area contributed by atoms with Crippen LogP contribution in [0.15, 0.2) is 176 Å². The molecule has 0 amide bonds. The molecule has 3 nitrogen and oxygen atoms in total. The molecule has 1 aliphatic carbocycles. The zero-order chi connectivity index (χ0) is 33.9. The van der Waals surface area contributed by atoms with Crippen LogP contribution in [0.25, 0.3) is 110 Å². The molecule has 0 fully saturated rings. The molecule has 240 valence electrons. The van der Waals surface area contributed by atoms with Crippen LogP contribution in [0.3, 0.4) is 0 Å². The molecule has 0 saturated carbocycles. The van der Waals surface area contributed by atoms with Gasteiger partial charge in [0.25, 0.3) is 0 Å². The first-order valence-corrected chi connectivity index (χ1v) is 17.9. The number of para-hydroxylation sites is 2. The fourth-order valence-corrected chi connectivity index (χ4v) is 8.96. The molecule has 52 heavy (non-hydrogen) atoms. The molecular formula is C49H29N3. The minimum Gasteiger partial charge on any atom is -0.309 e. The number of pyridine rings is 1. The van der Waals surface area contributed by atoms with Gasteiger partial charge in [0.15, 0.2) is 0 Å². The molecule has 12 rings (SSSR count). The van der Waals surface area contributed by atoms with E-state index in [1.807, 2.05) is 12.3 Å². The van der Waals surface area contributed by atoms with E-state index in [0.717, 1.165) is 11.4 Å². The van der Waals surface area contributed by atoms with Gasteiger partial charge in [-0.2, -0.15) is 0 Å². The van der Waals surface area contributed by atoms with Crippen LogP contribution in [-0.2, 0) is 0 Å². The zero-order valence-electron chi connectivity index (χ0n) is 28.1. The minimum atomic E-state index is 1.07.